The summed E-state index contributed by atoms with van der Waals surface area (Å²) in [6, 6.07) is 6.53. The normalized spacial score (nSPS) is 19.7. The minimum atomic E-state index is -4.71. The van der Waals surface area contributed by atoms with Crippen LogP contribution in [0.5, 0.6) is 0 Å². The smallest absolute Gasteiger partial charge is 0.434 e. The van der Waals surface area contributed by atoms with Crippen molar-refractivity contribution in [2.24, 2.45) is 0 Å². The Labute approximate surface area is 560 Å². The number of nitrogens with one attached hydrogen (secondary N) is 5. The average Bonchev–Trinajstić information content (AvgIpc) is 0.832. The van der Waals surface area contributed by atoms with Gasteiger partial charge in [-0.3, -0.25) is 24.4 Å². The molecule has 2 aliphatic heterocycles. The molecule has 554 valence electrons. The molecule has 38 heteroatoms. The highest BCUT2D eigenvalue weighted by Crippen LogP contribution is 2.30. The molecule has 9 N–H and O–H groups in total. The molecule has 0 saturated carbocycles. The number of anilines is 2. The maximum Gasteiger partial charge on any atom is 0.434 e. The van der Waals surface area contributed by atoms with E-state index >= 15 is 0 Å². The zero-order valence-corrected chi connectivity index (χ0v) is 53.9. The van der Waals surface area contributed by atoms with E-state index in [1.807, 2.05) is 30.3 Å². The molecule has 0 spiro atoms. The van der Waals surface area contributed by atoms with Crippen LogP contribution in [0.3, 0.4) is 0 Å². The molecule has 0 unspecified atom stereocenters. The van der Waals surface area contributed by atoms with Crippen molar-refractivity contribution in [3.8, 4) is 0 Å². The second-order valence-corrected chi connectivity index (χ2v) is 21.5. The monoisotopic (exact) mass is 1420 g/mol. The molecule has 4 heterocycles. The fourth-order valence-electron chi connectivity index (χ4n) is 8.66. The first kappa shape index (κ1) is 82.4. The van der Waals surface area contributed by atoms with Gasteiger partial charge in [-0.15, -0.1) is 0 Å². The third-order valence-corrected chi connectivity index (χ3v) is 13.7. The molecule has 0 aliphatic carbocycles. The van der Waals surface area contributed by atoms with Crippen LogP contribution in [0.1, 0.15) is 29.8 Å². The molecule has 2 fully saturated rings. The van der Waals surface area contributed by atoms with Crippen molar-refractivity contribution in [3.05, 3.63) is 72.1 Å². The van der Waals surface area contributed by atoms with Crippen molar-refractivity contribution in [1.29, 1.82) is 0 Å². The van der Waals surface area contributed by atoms with Crippen molar-refractivity contribution in [2.45, 2.75) is 86.6 Å². The second kappa shape index (κ2) is 47.7. The number of rotatable bonds is 52. The molecule has 3 aromatic rings. The summed E-state index contributed by atoms with van der Waals surface area (Å²) in [4.78, 5) is 63.7. The van der Waals surface area contributed by atoms with E-state index in [1.54, 1.807) is 0 Å². The lowest BCUT2D eigenvalue weighted by molar-refractivity contribution is -0.161. The predicted molar refractivity (Wildman–Crippen MR) is 326 cm³/mol. The number of benzene rings is 1. The van der Waals surface area contributed by atoms with E-state index in [-0.39, 0.29) is 228 Å². The highest BCUT2D eigenvalue weighted by molar-refractivity contribution is 5.77. The molecular formula is C60H89F6N9O23. The quantitative estimate of drug-likeness (QED) is 0.0191. The summed E-state index contributed by atoms with van der Waals surface area (Å²) in [5.74, 6) is -2.17. The third-order valence-electron chi connectivity index (χ3n) is 13.7. The lowest BCUT2D eigenvalue weighted by Crippen LogP contribution is -2.57. The maximum absolute atomic E-state index is 13.0. The Kier molecular flexibility index (Phi) is 40.1. The summed E-state index contributed by atoms with van der Waals surface area (Å²) in [6.45, 7) is 2.38. The number of halogens is 6. The van der Waals surface area contributed by atoms with Crippen LogP contribution in [0.15, 0.2) is 55.1 Å². The van der Waals surface area contributed by atoms with Crippen molar-refractivity contribution < 1.29 is 137 Å². The van der Waals surface area contributed by atoms with E-state index in [4.69, 9.17) is 71.1 Å². The van der Waals surface area contributed by atoms with Gasteiger partial charge in [0.25, 0.3) is 0 Å². The Morgan fingerprint density at radius 3 is 1.31 bits per heavy atom. The van der Waals surface area contributed by atoms with Gasteiger partial charge in [-0.05, 0) is 5.56 Å². The summed E-state index contributed by atoms with van der Waals surface area (Å²) in [5.41, 5.74) is -1.60. The van der Waals surface area contributed by atoms with E-state index in [0.29, 0.717) is 12.4 Å². The first-order valence-electron chi connectivity index (χ1n) is 31.5. The molecule has 98 heavy (non-hydrogen) atoms. The fourth-order valence-corrected chi connectivity index (χ4v) is 8.66. The van der Waals surface area contributed by atoms with E-state index in [0.717, 1.165) is 18.0 Å². The van der Waals surface area contributed by atoms with Crippen molar-refractivity contribution >= 4 is 35.3 Å². The third kappa shape index (κ3) is 35.2. The fraction of sp³-hybridized carbons (Fsp3) is 0.700. The van der Waals surface area contributed by atoms with Gasteiger partial charge < -0.3 is 118 Å². The van der Waals surface area contributed by atoms with Gasteiger partial charge in [-0.25, -0.2) is 14.8 Å². The molecule has 5 rings (SSSR count). The molecule has 32 nitrogen and oxygen atoms in total. The zero-order chi connectivity index (χ0) is 70.6. The summed E-state index contributed by atoms with van der Waals surface area (Å²) >= 11 is 0. The molecule has 8 atom stereocenters. The lowest BCUT2D eigenvalue weighted by atomic mass is 9.98. The highest BCUT2D eigenvalue weighted by atomic mass is 19.4. The van der Waals surface area contributed by atoms with E-state index < -0.39 is 90.4 Å². The number of ether oxygens (including phenoxy) is 15. The Balaban J connectivity index is 0.834. The van der Waals surface area contributed by atoms with Crippen LogP contribution in [0, 0.1) is 0 Å². The largest absolute Gasteiger partial charge is 0.459 e. The number of aliphatic hydroxyl groups excluding tert-OH is 4. The molecule has 1 aromatic carbocycles. The number of amides is 3. The minimum absolute atomic E-state index is 0.00132. The molecule has 0 bridgehead atoms. The zero-order valence-electron chi connectivity index (χ0n) is 53.9. The molecule has 2 aliphatic rings. The maximum atomic E-state index is 13.0. The number of aliphatic hydroxyl groups is 4. The standard InChI is InChI=1S/C60H89F6N9O23/c61-59(62,63)47-28-67-30-49(74-47)72-43-35-96-45(57(82)55(43)80)37-92-24-22-88-20-18-86-16-14-84-12-8-69-51(76)6-10-90-33-42(71-53(78)39-94-26-27-95-40-54(79)98-32-41-4-2-1-3-5-41)34-91-11-7-52(77)70-9-13-85-15-17-87-19-21-89-23-25-93-38-46-58(83)56(81)44(36-97-46)73-50-31-68-29-48(75-50)60(64,65)66/h1-5,28-31,42-46,55-58,80-83H,6-27,32-40H2,(H,69,76)(H,70,77)(H,71,78)(H,72,74)(H,73,75)/t43-,44-,45+,46+,55+,56+,57-,58-/m0/s1. The Morgan fingerprint density at radius 2 is 0.878 bits per heavy atom. The number of hydrogen-bond donors (Lipinski definition) is 9. The molecule has 0 radical (unpaired) electrons. The van der Waals surface area contributed by atoms with Crippen LogP contribution in [-0.2, 0) is 109 Å². The second-order valence-electron chi connectivity index (χ2n) is 21.5. The van der Waals surface area contributed by atoms with E-state index in [9.17, 15) is 65.9 Å². The highest BCUT2D eigenvalue weighted by Gasteiger charge is 2.41. The predicted octanol–water partition coefficient (Wildman–Crippen LogP) is -0.753. The van der Waals surface area contributed by atoms with Gasteiger partial charge in [-0.1, -0.05) is 30.3 Å². The number of alkyl halides is 6. The molecule has 2 aromatic heterocycles. The minimum Gasteiger partial charge on any atom is -0.459 e. The van der Waals surface area contributed by atoms with Gasteiger partial charge >= 0.3 is 18.3 Å². The number of aromatic nitrogens is 4. The molecular weight excluding hydrogens is 1330 g/mol. The number of nitrogens with zero attached hydrogens (tertiary/aromatic N) is 4. The van der Waals surface area contributed by atoms with Crippen LogP contribution in [0.4, 0.5) is 38.0 Å². The Hall–Kier alpha value is -6.28. The van der Waals surface area contributed by atoms with Crippen molar-refractivity contribution in [2.75, 3.05) is 196 Å². The summed E-state index contributed by atoms with van der Waals surface area (Å²) in [7, 11) is 0. The molecule has 2 saturated heterocycles. The van der Waals surface area contributed by atoms with Gasteiger partial charge in [0, 0.05) is 25.9 Å². The number of carbonyl (C=O) groups is 4. The van der Waals surface area contributed by atoms with E-state index in [1.165, 1.54) is 0 Å². The topological polar surface area (TPSA) is 399 Å². The SMILES string of the molecule is O=C(CCOCC(COCCC(=O)NCCOCCOCCOCCOC[C@H]1OC[C@H](Nc2cncc(C(F)(F)F)n2)[C@@H](O)[C@H]1O)NC(=O)COCCOCC(=O)OCc1ccccc1)NCCOCCOCCOCCOC[C@H]1OC[C@H](Nc2cncc(C(F)(F)F)n2)[C@@H](O)[C@H]1O. The van der Waals surface area contributed by atoms with Crippen molar-refractivity contribution in [1.82, 2.24) is 35.9 Å². The summed E-state index contributed by atoms with van der Waals surface area (Å²) < 4.78 is 160. The first-order valence-corrected chi connectivity index (χ1v) is 31.5. The van der Waals surface area contributed by atoms with Crippen LogP contribution in [0.2, 0.25) is 0 Å². The van der Waals surface area contributed by atoms with Crippen LogP contribution >= 0.6 is 0 Å². The van der Waals surface area contributed by atoms with Gasteiger partial charge in [-0.2, -0.15) is 26.3 Å². The Bertz CT molecular complexity index is 2540. The first-order chi connectivity index (χ1) is 47.3. The van der Waals surface area contributed by atoms with Gasteiger partial charge in [0.05, 0.1) is 201 Å². The number of esters is 1. The summed E-state index contributed by atoms with van der Waals surface area (Å²) in [5, 5.41) is 55.5. The van der Waals surface area contributed by atoms with Gasteiger partial charge in [0.1, 0.15) is 68.1 Å². The molecule has 3 amide bonds. The summed E-state index contributed by atoms with van der Waals surface area (Å²) in [6.07, 6.45) is -13.6. The lowest BCUT2D eigenvalue weighted by Gasteiger charge is -2.38. The number of carbonyl (C=O) groups excluding carboxylic acids is 4. The van der Waals surface area contributed by atoms with Crippen LogP contribution < -0.4 is 26.6 Å². The van der Waals surface area contributed by atoms with E-state index in [2.05, 4.69) is 46.5 Å². The Morgan fingerprint density at radius 1 is 0.480 bits per heavy atom. The van der Waals surface area contributed by atoms with Crippen LogP contribution in [0.25, 0.3) is 0 Å². The van der Waals surface area contributed by atoms with Gasteiger partial charge in [0.2, 0.25) is 17.7 Å². The number of hydrogen-bond acceptors (Lipinski definition) is 29. The van der Waals surface area contributed by atoms with Crippen LogP contribution in [-0.4, -0.2) is 304 Å². The average molecular weight is 1420 g/mol. The van der Waals surface area contributed by atoms with Crippen molar-refractivity contribution in [3.63, 3.8) is 0 Å². The van der Waals surface area contributed by atoms with Gasteiger partial charge in [0.15, 0.2) is 11.4 Å².